The molecule has 36 heavy (non-hydrogen) atoms. The Bertz CT molecular complexity index is 1290. The van der Waals surface area contributed by atoms with Gasteiger partial charge in [-0.1, -0.05) is 66.6 Å². The molecule has 1 N–H and O–H groups in total. The van der Waals surface area contributed by atoms with E-state index in [2.05, 4.69) is 21.7 Å². The summed E-state index contributed by atoms with van der Waals surface area (Å²) in [5.74, 6) is 0.230. The predicted octanol–water partition coefficient (Wildman–Crippen LogP) is 4.93. The predicted molar refractivity (Wildman–Crippen MR) is 135 cm³/mol. The number of amides is 2. The van der Waals surface area contributed by atoms with Gasteiger partial charge in [-0.3, -0.25) is 4.79 Å². The molecule has 8 nitrogen and oxygen atoms in total. The molecule has 5 rings (SSSR count). The molecule has 1 saturated heterocycles. The van der Waals surface area contributed by atoms with Crippen LogP contribution in [0.3, 0.4) is 0 Å². The van der Waals surface area contributed by atoms with E-state index >= 15 is 0 Å². The van der Waals surface area contributed by atoms with Crippen molar-refractivity contribution in [1.82, 2.24) is 25.2 Å². The van der Waals surface area contributed by atoms with Crippen LogP contribution >= 0.6 is 0 Å². The highest BCUT2D eigenvalue weighted by molar-refractivity contribution is 6.01. The molecule has 2 aliphatic rings. The number of carbonyl (C=O) groups is 2. The Morgan fingerprint density at radius 2 is 1.75 bits per heavy atom. The molecule has 8 heteroatoms. The van der Waals surface area contributed by atoms with E-state index in [1.165, 1.54) is 6.42 Å². The standard InChI is InChI=1S/C28H30N6O2/c1-19(20-10-3-2-4-11-20)30-27(35)23-15-7-6-14-22(23)26-25(18-29)34(32-31-26)28(36)33-17-9-13-21-12-5-8-16-24(21)33/h2-4,6-7,10-11,14-15,19,21,24H,5,8-9,12-13,16-17H2,1H3,(H,30,35)/t19-,21?,24?/m0/s1. The molecule has 184 valence electrons. The fraction of sp³-hybridized carbons (Fsp3) is 0.393. The summed E-state index contributed by atoms with van der Waals surface area (Å²) in [6.07, 6.45) is 6.56. The molecule has 0 bridgehead atoms. The van der Waals surface area contributed by atoms with Crippen LogP contribution in [0.25, 0.3) is 11.3 Å². The van der Waals surface area contributed by atoms with Crippen LogP contribution in [0.2, 0.25) is 0 Å². The van der Waals surface area contributed by atoms with Gasteiger partial charge in [-0.25, -0.2) is 4.79 Å². The average molecular weight is 483 g/mol. The number of likely N-dealkylation sites (tertiary alicyclic amines) is 1. The van der Waals surface area contributed by atoms with Gasteiger partial charge >= 0.3 is 6.03 Å². The molecule has 1 aliphatic heterocycles. The topological polar surface area (TPSA) is 104 Å². The number of nitrogens with zero attached hydrogens (tertiary/aromatic N) is 5. The maximum absolute atomic E-state index is 13.6. The van der Waals surface area contributed by atoms with Crippen molar-refractivity contribution in [2.75, 3.05) is 6.54 Å². The zero-order chi connectivity index (χ0) is 25.1. The maximum Gasteiger partial charge on any atom is 0.347 e. The highest BCUT2D eigenvalue weighted by atomic mass is 16.2. The molecular weight excluding hydrogens is 452 g/mol. The number of nitrogens with one attached hydrogen (secondary N) is 1. The zero-order valence-corrected chi connectivity index (χ0v) is 20.4. The van der Waals surface area contributed by atoms with Gasteiger partial charge < -0.3 is 10.2 Å². The van der Waals surface area contributed by atoms with Crippen LogP contribution in [-0.4, -0.2) is 44.4 Å². The van der Waals surface area contributed by atoms with Crippen LogP contribution in [0.1, 0.15) is 73.1 Å². The third kappa shape index (κ3) is 4.49. The van der Waals surface area contributed by atoms with Crippen LogP contribution in [0.4, 0.5) is 4.79 Å². The van der Waals surface area contributed by atoms with Crippen molar-refractivity contribution < 1.29 is 9.59 Å². The van der Waals surface area contributed by atoms with Gasteiger partial charge in [-0.05, 0) is 50.2 Å². The highest BCUT2D eigenvalue weighted by Gasteiger charge is 2.37. The van der Waals surface area contributed by atoms with Gasteiger partial charge in [0.1, 0.15) is 11.8 Å². The molecule has 0 spiro atoms. The summed E-state index contributed by atoms with van der Waals surface area (Å²) in [4.78, 5) is 28.7. The lowest BCUT2D eigenvalue weighted by molar-refractivity contribution is 0.0831. The zero-order valence-electron chi connectivity index (χ0n) is 20.4. The molecule has 2 unspecified atom stereocenters. The minimum absolute atomic E-state index is 0.0503. The Balaban J connectivity index is 1.43. The van der Waals surface area contributed by atoms with Crippen molar-refractivity contribution in [2.24, 2.45) is 5.92 Å². The van der Waals surface area contributed by atoms with Gasteiger partial charge in [0.25, 0.3) is 5.91 Å². The molecule has 2 aromatic carbocycles. The number of nitriles is 1. The third-order valence-electron chi connectivity index (χ3n) is 7.52. The molecule has 1 aromatic heterocycles. The van der Waals surface area contributed by atoms with Crippen LogP contribution < -0.4 is 5.32 Å². The number of carbonyl (C=O) groups excluding carboxylic acids is 2. The molecule has 2 amide bonds. The number of hydrogen-bond donors (Lipinski definition) is 1. The number of benzene rings is 2. The van der Waals surface area contributed by atoms with E-state index in [9.17, 15) is 14.9 Å². The first kappa shape index (κ1) is 23.7. The van der Waals surface area contributed by atoms with Crippen molar-refractivity contribution in [3.8, 4) is 17.3 Å². The first-order valence-electron chi connectivity index (χ1n) is 12.7. The summed E-state index contributed by atoms with van der Waals surface area (Å²) in [5, 5.41) is 21.4. The quantitative estimate of drug-likeness (QED) is 0.568. The fourth-order valence-electron chi connectivity index (χ4n) is 5.67. The van der Waals surface area contributed by atoms with Gasteiger partial charge in [0.15, 0.2) is 5.69 Å². The lowest BCUT2D eigenvalue weighted by Crippen LogP contribution is -2.51. The minimum atomic E-state index is -0.304. The largest absolute Gasteiger partial charge is 0.347 e. The van der Waals surface area contributed by atoms with E-state index in [4.69, 9.17) is 0 Å². The van der Waals surface area contributed by atoms with E-state index in [-0.39, 0.29) is 35.4 Å². The van der Waals surface area contributed by atoms with E-state index in [0.29, 0.717) is 23.6 Å². The second kappa shape index (κ2) is 10.3. The molecule has 0 radical (unpaired) electrons. The van der Waals surface area contributed by atoms with Crippen molar-refractivity contribution >= 4 is 11.9 Å². The molecule has 2 fully saturated rings. The van der Waals surface area contributed by atoms with Crippen molar-refractivity contribution in [3.05, 3.63) is 71.4 Å². The summed E-state index contributed by atoms with van der Waals surface area (Å²) in [6.45, 7) is 2.58. The Morgan fingerprint density at radius 3 is 2.56 bits per heavy atom. The number of piperidine rings is 1. The van der Waals surface area contributed by atoms with Gasteiger partial charge in [0.2, 0.25) is 0 Å². The summed E-state index contributed by atoms with van der Waals surface area (Å²) >= 11 is 0. The van der Waals surface area contributed by atoms with E-state index in [0.717, 1.165) is 42.3 Å². The Hall–Kier alpha value is -3.99. The fourth-order valence-corrected chi connectivity index (χ4v) is 5.67. The van der Waals surface area contributed by atoms with Gasteiger partial charge in [0, 0.05) is 23.7 Å². The second-order valence-electron chi connectivity index (χ2n) is 9.69. The summed E-state index contributed by atoms with van der Waals surface area (Å²) in [7, 11) is 0. The second-order valence-corrected chi connectivity index (χ2v) is 9.69. The molecule has 2 heterocycles. The summed E-state index contributed by atoms with van der Waals surface area (Å²) < 4.78 is 1.12. The monoisotopic (exact) mass is 482 g/mol. The first-order valence-corrected chi connectivity index (χ1v) is 12.7. The van der Waals surface area contributed by atoms with E-state index in [1.807, 2.05) is 42.2 Å². The first-order chi connectivity index (χ1) is 17.6. The third-order valence-corrected chi connectivity index (χ3v) is 7.52. The lowest BCUT2D eigenvalue weighted by atomic mass is 9.78. The number of hydrogen-bond acceptors (Lipinski definition) is 5. The number of rotatable bonds is 4. The number of fused-ring (bicyclic) bond motifs is 1. The average Bonchev–Trinajstić information content (AvgIpc) is 3.36. The maximum atomic E-state index is 13.6. The molecule has 1 saturated carbocycles. The molecule has 1 aliphatic carbocycles. The number of aromatic nitrogens is 3. The summed E-state index contributed by atoms with van der Waals surface area (Å²) in [6, 6.07) is 18.5. The van der Waals surface area contributed by atoms with Crippen molar-refractivity contribution in [1.29, 1.82) is 5.26 Å². The van der Waals surface area contributed by atoms with Crippen molar-refractivity contribution in [2.45, 2.75) is 57.5 Å². The van der Waals surface area contributed by atoms with Gasteiger partial charge in [0.05, 0.1) is 6.04 Å². The van der Waals surface area contributed by atoms with E-state index in [1.54, 1.807) is 24.3 Å². The van der Waals surface area contributed by atoms with Crippen LogP contribution in [-0.2, 0) is 0 Å². The minimum Gasteiger partial charge on any atom is -0.345 e. The van der Waals surface area contributed by atoms with Crippen molar-refractivity contribution in [3.63, 3.8) is 0 Å². The highest BCUT2D eigenvalue weighted by Crippen LogP contribution is 2.36. The van der Waals surface area contributed by atoms with Crippen LogP contribution in [0, 0.1) is 17.2 Å². The van der Waals surface area contributed by atoms with Crippen LogP contribution in [0.15, 0.2) is 54.6 Å². The Morgan fingerprint density at radius 1 is 1.03 bits per heavy atom. The summed E-state index contributed by atoms with van der Waals surface area (Å²) in [5.41, 5.74) is 2.12. The molecule has 3 atom stereocenters. The lowest BCUT2D eigenvalue weighted by Gasteiger charge is -2.43. The smallest absolute Gasteiger partial charge is 0.345 e. The SMILES string of the molecule is C[C@H](NC(=O)c1ccccc1-c1nnn(C(=O)N2CCCC3CCCCC32)c1C#N)c1ccccc1. The van der Waals surface area contributed by atoms with Crippen LogP contribution in [0.5, 0.6) is 0 Å². The van der Waals surface area contributed by atoms with Gasteiger partial charge in [-0.15, -0.1) is 5.10 Å². The molecular formula is C28H30N6O2. The molecule has 3 aromatic rings. The normalized spacial score (nSPS) is 20.2. The van der Waals surface area contributed by atoms with Gasteiger partial charge in [-0.2, -0.15) is 9.94 Å². The van der Waals surface area contributed by atoms with E-state index < -0.39 is 0 Å². The Kier molecular flexibility index (Phi) is 6.81. The Labute approximate surface area is 210 Å².